The van der Waals surface area contributed by atoms with Gasteiger partial charge >= 0.3 is 5.97 Å². The number of alkyl halides is 2. The number of rotatable bonds is 3. The van der Waals surface area contributed by atoms with E-state index in [0.717, 1.165) is 10.8 Å². The molecule has 1 unspecified atom stereocenters. The van der Waals surface area contributed by atoms with E-state index in [2.05, 4.69) is 4.74 Å². The van der Waals surface area contributed by atoms with Gasteiger partial charge in [-0.1, -0.05) is 30.3 Å². The molecular formula is C14H12F2O2. The largest absolute Gasteiger partial charge is 0.453 e. The molecule has 2 aromatic rings. The highest BCUT2D eigenvalue weighted by Crippen LogP contribution is 2.17. The Bertz CT molecular complexity index is 566. The predicted molar refractivity (Wildman–Crippen MR) is 64.8 cm³/mol. The van der Waals surface area contributed by atoms with E-state index in [1.807, 2.05) is 24.3 Å². The molecule has 0 bridgehead atoms. The van der Waals surface area contributed by atoms with Gasteiger partial charge in [0.25, 0.3) is 6.43 Å². The summed E-state index contributed by atoms with van der Waals surface area (Å²) in [5.41, 5.74) is 0.279. The van der Waals surface area contributed by atoms with Crippen LogP contribution in [0.15, 0.2) is 42.5 Å². The molecule has 94 valence electrons. The lowest BCUT2D eigenvalue weighted by molar-refractivity contribution is -0.0250. The first-order chi connectivity index (χ1) is 8.58. The van der Waals surface area contributed by atoms with Crippen molar-refractivity contribution in [2.24, 2.45) is 0 Å². The lowest BCUT2D eigenvalue weighted by Gasteiger charge is -2.12. The van der Waals surface area contributed by atoms with Crippen LogP contribution in [-0.4, -0.2) is 18.5 Å². The van der Waals surface area contributed by atoms with Crippen molar-refractivity contribution < 1.29 is 18.3 Å². The Morgan fingerprint density at radius 2 is 1.78 bits per heavy atom. The molecule has 0 spiro atoms. The Morgan fingerprint density at radius 1 is 1.11 bits per heavy atom. The molecule has 0 fully saturated rings. The third kappa shape index (κ3) is 2.64. The Morgan fingerprint density at radius 3 is 2.44 bits per heavy atom. The highest BCUT2D eigenvalue weighted by molar-refractivity contribution is 5.95. The van der Waals surface area contributed by atoms with Gasteiger partial charge in [-0.25, -0.2) is 13.6 Å². The number of halogens is 2. The molecule has 1 atom stereocenters. The second-order valence-electron chi connectivity index (χ2n) is 4.01. The first-order valence-corrected chi connectivity index (χ1v) is 5.56. The van der Waals surface area contributed by atoms with E-state index in [1.54, 1.807) is 18.2 Å². The maximum Gasteiger partial charge on any atom is 0.338 e. The van der Waals surface area contributed by atoms with Crippen molar-refractivity contribution >= 4 is 16.7 Å². The Balaban J connectivity index is 2.23. The number of hydrogen-bond acceptors (Lipinski definition) is 2. The average Bonchev–Trinajstić information content (AvgIpc) is 2.37. The van der Waals surface area contributed by atoms with Gasteiger partial charge < -0.3 is 4.74 Å². The number of esters is 1. The van der Waals surface area contributed by atoms with Gasteiger partial charge in [-0.05, 0) is 29.8 Å². The molecule has 0 heterocycles. The number of hydrogen-bond donors (Lipinski definition) is 0. The van der Waals surface area contributed by atoms with E-state index in [0.29, 0.717) is 0 Å². The summed E-state index contributed by atoms with van der Waals surface area (Å²) in [4.78, 5) is 11.6. The van der Waals surface area contributed by atoms with E-state index in [4.69, 9.17) is 0 Å². The molecule has 0 amide bonds. The van der Waals surface area contributed by atoms with Crippen LogP contribution in [0.3, 0.4) is 0 Å². The summed E-state index contributed by atoms with van der Waals surface area (Å²) in [5, 5.41) is 1.85. The maximum atomic E-state index is 12.3. The van der Waals surface area contributed by atoms with E-state index < -0.39 is 18.5 Å². The van der Waals surface area contributed by atoms with Crippen molar-refractivity contribution in [1.82, 2.24) is 0 Å². The van der Waals surface area contributed by atoms with Crippen molar-refractivity contribution in [3.63, 3.8) is 0 Å². The van der Waals surface area contributed by atoms with Crippen molar-refractivity contribution in [1.29, 1.82) is 0 Å². The second-order valence-corrected chi connectivity index (χ2v) is 4.01. The summed E-state index contributed by atoms with van der Waals surface area (Å²) >= 11 is 0. The van der Waals surface area contributed by atoms with Gasteiger partial charge in [0.05, 0.1) is 5.56 Å². The Kier molecular flexibility index (Phi) is 3.55. The predicted octanol–water partition coefficient (Wildman–Crippen LogP) is 3.65. The smallest absolute Gasteiger partial charge is 0.338 e. The molecule has 0 N–H and O–H groups in total. The van der Waals surface area contributed by atoms with Crippen molar-refractivity contribution in [3.8, 4) is 0 Å². The van der Waals surface area contributed by atoms with Crippen LogP contribution >= 0.6 is 0 Å². The van der Waals surface area contributed by atoms with Crippen LogP contribution in [0.4, 0.5) is 8.78 Å². The first-order valence-electron chi connectivity index (χ1n) is 5.56. The summed E-state index contributed by atoms with van der Waals surface area (Å²) in [5.74, 6) is -0.728. The van der Waals surface area contributed by atoms with Crippen LogP contribution < -0.4 is 0 Å². The standard InChI is InChI=1S/C14H12F2O2/c1-9(13(15)16)18-14(17)12-7-6-10-4-2-3-5-11(10)8-12/h2-9,13H,1H3. The van der Waals surface area contributed by atoms with Crippen molar-refractivity contribution in [3.05, 3.63) is 48.0 Å². The van der Waals surface area contributed by atoms with E-state index >= 15 is 0 Å². The third-order valence-corrected chi connectivity index (χ3v) is 2.63. The number of fused-ring (bicyclic) bond motifs is 1. The van der Waals surface area contributed by atoms with Gasteiger partial charge in [-0.15, -0.1) is 0 Å². The fourth-order valence-electron chi connectivity index (χ4n) is 1.60. The molecule has 0 saturated heterocycles. The first kappa shape index (κ1) is 12.5. The minimum atomic E-state index is -2.67. The maximum absolute atomic E-state index is 12.3. The van der Waals surface area contributed by atoms with Crippen LogP contribution in [0.1, 0.15) is 17.3 Å². The fourth-order valence-corrected chi connectivity index (χ4v) is 1.60. The molecule has 0 aromatic heterocycles. The minimum absolute atomic E-state index is 0.279. The molecule has 2 nitrogen and oxygen atoms in total. The molecule has 0 saturated carbocycles. The monoisotopic (exact) mass is 250 g/mol. The summed E-state index contributed by atoms with van der Waals surface area (Å²) in [7, 11) is 0. The molecule has 4 heteroatoms. The zero-order valence-electron chi connectivity index (χ0n) is 9.77. The minimum Gasteiger partial charge on any atom is -0.453 e. The molecule has 0 aliphatic rings. The van der Waals surface area contributed by atoms with Crippen LogP contribution in [0, 0.1) is 0 Å². The van der Waals surface area contributed by atoms with Gasteiger partial charge in [0.2, 0.25) is 0 Å². The normalized spacial score (nSPS) is 12.7. The van der Waals surface area contributed by atoms with Crippen LogP contribution in [-0.2, 0) is 4.74 Å². The Hall–Kier alpha value is -1.97. The molecule has 0 radical (unpaired) electrons. The molecule has 2 aromatic carbocycles. The van der Waals surface area contributed by atoms with E-state index in [-0.39, 0.29) is 5.56 Å². The second kappa shape index (κ2) is 5.12. The number of ether oxygens (including phenoxy) is 1. The number of carbonyl (C=O) groups excluding carboxylic acids is 1. The zero-order chi connectivity index (χ0) is 13.1. The molecule has 0 aliphatic heterocycles. The molecule has 18 heavy (non-hydrogen) atoms. The molecule has 0 aliphatic carbocycles. The highest BCUT2D eigenvalue weighted by atomic mass is 19.3. The van der Waals surface area contributed by atoms with E-state index in [9.17, 15) is 13.6 Å². The van der Waals surface area contributed by atoms with E-state index in [1.165, 1.54) is 6.92 Å². The van der Waals surface area contributed by atoms with Crippen LogP contribution in [0.2, 0.25) is 0 Å². The zero-order valence-corrected chi connectivity index (χ0v) is 9.77. The van der Waals surface area contributed by atoms with Gasteiger partial charge in [-0.3, -0.25) is 0 Å². The quantitative estimate of drug-likeness (QED) is 0.777. The molecule has 2 rings (SSSR count). The fraction of sp³-hybridized carbons (Fsp3) is 0.214. The van der Waals surface area contributed by atoms with Crippen molar-refractivity contribution in [2.75, 3.05) is 0 Å². The highest BCUT2D eigenvalue weighted by Gasteiger charge is 2.20. The lowest BCUT2D eigenvalue weighted by atomic mass is 10.1. The summed E-state index contributed by atoms with van der Waals surface area (Å²) in [6.07, 6.45) is -4.07. The van der Waals surface area contributed by atoms with Crippen LogP contribution in [0.5, 0.6) is 0 Å². The van der Waals surface area contributed by atoms with Gasteiger partial charge in [0.15, 0.2) is 6.10 Å². The van der Waals surface area contributed by atoms with Crippen molar-refractivity contribution in [2.45, 2.75) is 19.5 Å². The SMILES string of the molecule is CC(OC(=O)c1ccc2ccccc2c1)C(F)F. The van der Waals surface area contributed by atoms with Gasteiger partial charge in [-0.2, -0.15) is 0 Å². The topological polar surface area (TPSA) is 26.3 Å². The number of benzene rings is 2. The summed E-state index contributed by atoms with van der Waals surface area (Å²) in [6, 6.07) is 12.5. The average molecular weight is 250 g/mol. The van der Waals surface area contributed by atoms with Gasteiger partial charge in [0.1, 0.15) is 0 Å². The number of carbonyl (C=O) groups is 1. The lowest BCUT2D eigenvalue weighted by Crippen LogP contribution is -2.22. The molecular weight excluding hydrogens is 238 g/mol. The van der Waals surface area contributed by atoms with Gasteiger partial charge in [0, 0.05) is 0 Å². The third-order valence-electron chi connectivity index (χ3n) is 2.63. The summed E-state index contributed by atoms with van der Waals surface area (Å²) < 4.78 is 29.2. The Labute approximate surface area is 103 Å². The van der Waals surface area contributed by atoms with Crippen LogP contribution in [0.25, 0.3) is 10.8 Å². The summed E-state index contributed by atoms with van der Waals surface area (Å²) in [6.45, 7) is 1.17.